The Kier molecular flexibility index (Phi) is 5.31. The molecule has 0 aliphatic carbocycles. The highest BCUT2D eigenvalue weighted by molar-refractivity contribution is 6.19. The van der Waals surface area contributed by atoms with Gasteiger partial charge in [0, 0.05) is 32.8 Å². The van der Waals surface area contributed by atoms with Gasteiger partial charge in [0.1, 0.15) is 11.5 Å². The summed E-state index contributed by atoms with van der Waals surface area (Å²) in [5, 5.41) is 7.39. The summed E-state index contributed by atoms with van der Waals surface area (Å²) in [7, 11) is 0. The van der Waals surface area contributed by atoms with Crippen LogP contribution in [0.5, 0.6) is 11.5 Å². The summed E-state index contributed by atoms with van der Waals surface area (Å²) in [6, 6.07) is 59.0. The van der Waals surface area contributed by atoms with Crippen molar-refractivity contribution in [2.75, 3.05) is 0 Å². The molecule has 0 saturated heterocycles. The maximum atomic E-state index is 6.40. The topological polar surface area (TPSA) is 14.2 Å². The number of nitrogens with zero attached hydrogens (tertiary/aromatic N) is 1. The van der Waals surface area contributed by atoms with Gasteiger partial charge in [-0.1, -0.05) is 121 Å². The summed E-state index contributed by atoms with van der Waals surface area (Å²) in [5.74, 6) is 1.82. The maximum absolute atomic E-state index is 6.40. The average molecular weight is 586 g/mol. The molecule has 0 unspecified atom stereocenters. The number of fused-ring (bicyclic) bond motifs is 7. The number of ether oxygens (including phenoxy) is 1. The maximum Gasteiger partial charge on any atom is 0.135 e. The molecule has 1 aliphatic heterocycles. The lowest BCUT2D eigenvalue weighted by atomic mass is 9.89. The first-order valence-corrected chi connectivity index (χ1v) is 15.8. The summed E-state index contributed by atoms with van der Waals surface area (Å²) >= 11 is 0. The van der Waals surface area contributed by atoms with Crippen LogP contribution in [0.3, 0.4) is 0 Å². The molecule has 1 aliphatic rings. The Morgan fingerprint density at radius 1 is 0.391 bits per heavy atom. The molecule has 10 rings (SSSR count). The second-order valence-electron chi connectivity index (χ2n) is 12.1. The molecule has 8 aromatic carbocycles. The fraction of sp³-hybridized carbons (Fsp3) is 0. The van der Waals surface area contributed by atoms with Crippen LogP contribution in [0.25, 0.3) is 82.4 Å². The molecule has 2 heterocycles. The van der Waals surface area contributed by atoms with Gasteiger partial charge in [-0.3, -0.25) is 0 Å². The Morgan fingerprint density at radius 3 is 1.96 bits per heavy atom. The Morgan fingerprint density at radius 2 is 1.09 bits per heavy atom. The van der Waals surface area contributed by atoms with Crippen molar-refractivity contribution < 1.29 is 4.74 Å². The van der Waals surface area contributed by atoms with Gasteiger partial charge in [-0.05, 0) is 81.1 Å². The molecule has 214 valence electrons. The van der Waals surface area contributed by atoms with Crippen LogP contribution in [0.1, 0.15) is 0 Å². The molecule has 1 aromatic heterocycles. The van der Waals surface area contributed by atoms with Crippen LogP contribution in [0.2, 0.25) is 0 Å². The summed E-state index contributed by atoms with van der Waals surface area (Å²) in [5.41, 5.74) is 10.8. The van der Waals surface area contributed by atoms with Crippen molar-refractivity contribution in [2.45, 2.75) is 0 Å². The third kappa shape index (κ3) is 3.65. The minimum atomic E-state index is 0.899. The molecule has 0 saturated carbocycles. The molecule has 2 heteroatoms. The summed E-state index contributed by atoms with van der Waals surface area (Å²) in [4.78, 5) is 0. The Labute approximate surface area is 266 Å². The molecule has 0 amide bonds. The third-order valence-electron chi connectivity index (χ3n) is 9.57. The van der Waals surface area contributed by atoms with E-state index in [1.165, 1.54) is 76.9 Å². The van der Waals surface area contributed by atoms with E-state index in [4.69, 9.17) is 4.74 Å². The highest BCUT2D eigenvalue weighted by atomic mass is 16.5. The first-order valence-electron chi connectivity index (χ1n) is 15.8. The van der Waals surface area contributed by atoms with Crippen molar-refractivity contribution in [3.8, 4) is 50.6 Å². The van der Waals surface area contributed by atoms with Gasteiger partial charge in [0.15, 0.2) is 0 Å². The predicted molar refractivity (Wildman–Crippen MR) is 192 cm³/mol. The van der Waals surface area contributed by atoms with Crippen LogP contribution in [-0.2, 0) is 0 Å². The zero-order chi connectivity index (χ0) is 30.2. The van der Waals surface area contributed by atoms with Crippen LogP contribution >= 0.6 is 0 Å². The third-order valence-corrected chi connectivity index (χ3v) is 9.57. The van der Waals surface area contributed by atoms with E-state index < -0.39 is 0 Å². The molecule has 0 bridgehead atoms. The van der Waals surface area contributed by atoms with Crippen LogP contribution < -0.4 is 4.74 Å². The van der Waals surface area contributed by atoms with Crippen LogP contribution in [0, 0.1) is 0 Å². The standard InChI is InChI=1S/C44H27NO/c1-2-12-32(13-3-1)45-40-18-7-6-16-36(40)38-24-21-30-26-29(20-23-35(30)44(38)45)33-14-4-5-15-34(33)31-22-25-41-39(27-31)37-17-8-10-28-11-9-19-42(46-41)43(28)37/h1-27H. The fourth-order valence-electron chi connectivity index (χ4n) is 7.52. The average Bonchev–Trinajstić information content (AvgIpc) is 3.47. The zero-order valence-corrected chi connectivity index (χ0v) is 24.9. The molecule has 2 nitrogen and oxygen atoms in total. The molecule has 9 aromatic rings. The second kappa shape index (κ2) is 9.69. The fourth-order valence-corrected chi connectivity index (χ4v) is 7.52. The van der Waals surface area contributed by atoms with E-state index in [0.29, 0.717) is 0 Å². The van der Waals surface area contributed by atoms with E-state index in [2.05, 4.69) is 168 Å². The molecule has 0 radical (unpaired) electrons. The van der Waals surface area contributed by atoms with Gasteiger partial charge >= 0.3 is 0 Å². The zero-order valence-electron chi connectivity index (χ0n) is 24.9. The molecule has 0 spiro atoms. The van der Waals surface area contributed by atoms with E-state index in [1.54, 1.807) is 0 Å². The van der Waals surface area contributed by atoms with Crippen molar-refractivity contribution in [2.24, 2.45) is 0 Å². The van der Waals surface area contributed by atoms with Gasteiger partial charge in [0.25, 0.3) is 0 Å². The van der Waals surface area contributed by atoms with Gasteiger partial charge in [0.05, 0.1) is 11.0 Å². The Balaban J connectivity index is 1.15. The van der Waals surface area contributed by atoms with Crippen molar-refractivity contribution in [1.82, 2.24) is 4.57 Å². The molecular weight excluding hydrogens is 558 g/mol. The molecular formula is C44H27NO. The SMILES string of the molecule is c1ccc(-n2c3ccccc3c3ccc4cc(-c5ccccc5-c5ccc6c(c5)-c5cccc7cccc(c57)O6)ccc4c32)cc1. The van der Waals surface area contributed by atoms with Crippen molar-refractivity contribution in [3.05, 3.63) is 164 Å². The van der Waals surface area contributed by atoms with Crippen molar-refractivity contribution in [1.29, 1.82) is 0 Å². The largest absolute Gasteiger partial charge is 0.456 e. The lowest BCUT2D eigenvalue weighted by Gasteiger charge is -2.22. The lowest BCUT2D eigenvalue weighted by Crippen LogP contribution is -1.97. The molecule has 0 N–H and O–H groups in total. The van der Waals surface area contributed by atoms with Gasteiger partial charge in [0.2, 0.25) is 0 Å². The van der Waals surface area contributed by atoms with Gasteiger partial charge in [-0.15, -0.1) is 0 Å². The highest BCUT2D eigenvalue weighted by Crippen LogP contribution is 2.48. The molecule has 0 fully saturated rings. The number of hydrogen-bond acceptors (Lipinski definition) is 1. The lowest BCUT2D eigenvalue weighted by molar-refractivity contribution is 0.487. The number of aromatic nitrogens is 1. The van der Waals surface area contributed by atoms with E-state index in [-0.39, 0.29) is 0 Å². The Bertz CT molecular complexity index is 2660. The number of para-hydroxylation sites is 2. The summed E-state index contributed by atoms with van der Waals surface area (Å²) < 4.78 is 8.81. The van der Waals surface area contributed by atoms with Crippen LogP contribution in [-0.4, -0.2) is 4.57 Å². The number of rotatable bonds is 3. The molecule has 0 atom stereocenters. The van der Waals surface area contributed by atoms with Crippen LogP contribution in [0.15, 0.2) is 164 Å². The highest BCUT2D eigenvalue weighted by Gasteiger charge is 2.21. The normalized spacial score (nSPS) is 12.1. The first-order chi connectivity index (χ1) is 22.8. The minimum absolute atomic E-state index is 0.899. The van der Waals surface area contributed by atoms with Gasteiger partial charge in [-0.25, -0.2) is 0 Å². The van der Waals surface area contributed by atoms with Gasteiger partial charge in [-0.2, -0.15) is 0 Å². The minimum Gasteiger partial charge on any atom is -0.456 e. The smallest absolute Gasteiger partial charge is 0.135 e. The summed E-state index contributed by atoms with van der Waals surface area (Å²) in [6.45, 7) is 0. The van der Waals surface area contributed by atoms with E-state index in [0.717, 1.165) is 17.1 Å². The van der Waals surface area contributed by atoms with Crippen molar-refractivity contribution in [3.63, 3.8) is 0 Å². The molecule has 46 heavy (non-hydrogen) atoms. The number of hydrogen-bond donors (Lipinski definition) is 0. The summed E-state index contributed by atoms with van der Waals surface area (Å²) in [6.07, 6.45) is 0. The van der Waals surface area contributed by atoms with E-state index in [1.807, 2.05) is 0 Å². The monoisotopic (exact) mass is 585 g/mol. The van der Waals surface area contributed by atoms with Gasteiger partial charge < -0.3 is 9.30 Å². The van der Waals surface area contributed by atoms with E-state index >= 15 is 0 Å². The second-order valence-corrected chi connectivity index (χ2v) is 12.1. The van der Waals surface area contributed by atoms with E-state index in [9.17, 15) is 0 Å². The first kappa shape index (κ1) is 25.2. The quantitative estimate of drug-likeness (QED) is 0.201. The van der Waals surface area contributed by atoms with Crippen LogP contribution in [0.4, 0.5) is 0 Å². The number of benzene rings is 8. The Hall–Kier alpha value is -6.12. The van der Waals surface area contributed by atoms with Crippen molar-refractivity contribution >= 4 is 43.4 Å². The predicted octanol–water partition coefficient (Wildman–Crippen LogP) is 12.2.